The Hall–Kier alpha value is -0.960. The Morgan fingerprint density at radius 2 is 1.90 bits per heavy atom. The van der Waals surface area contributed by atoms with Crippen LogP contribution in [0.3, 0.4) is 0 Å². The largest absolute Gasteiger partial charge is 0.313 e. The summed E-state index contributed by atoms with van der Waals surface area (Å²) >= 11 is 0. The van der Waals surface area contributed by atoms with Gasteiger partial charge in [0.25, 0.3) is 0 Å². The van der Waals surface area contributed by atoms with Crippen molar-refractivity contribution in [3.63, 3.8) is 0 Å². The monoisotopic (exact) mass is 293 g/mol. The summed E-state index contributed by atoms with van der Waals surface area (Å²) in [6.45, 7) is 3.10. The van der Waals surface area contributed by atoms with E-state index in [2.05, 4.69) is 12.2 Å². The van der Waals surface area contributed by atoms with E-state index in [9.17, 15) is 8.78 Å². The lowest BCUT2D eigenvalue weighted by Crippen LogP contribution is -2.35. The van der Waals surface area contributed by atoms with Gasteiger partial charge in [0.15, 0.2) is 0 Å². The Labute approximate surface area is 126 Å². The summed E-state index contributed by atoms with van der Waals surface area (Å²) in [7, 11) is 0. The van der Waals surface area contributed by atoms with Crippen LogP contribution in [0, 0.1) is 29.4 Å². The summed E-state index contributed by atoms with van der Waals surface area (Å²) in [5.41, 5.74) is 0.521. The van der Waals surface area contributed by atoms with Crippen molar-refractivity contribution in [1.29, 1.82) is 0 Å². The molecule has 2 aliphatic rings. The van der Waals surface area contributed by atoms with E-state index in [0.29, 0.717) is 23.9 Å². The molecule has 116 valence electrons. The maximum Gasteiger partial charge on any atom is 0.126 e. The first kappa shape index (κ1) is 15.0. The van der Waals surface area contributed by atoms with E-state index in [1.807, 2.05) is 0 Å². The minimum absolute atomic E-state index is 0.275. The minimum atomic E-state index is -0.339. The van der Waals surface area contributed by atoms with Gasteiger partial charge in [0.2, 0.25) is 0 Å². The SMILES string of the molecule is CCCNC(Cc1cc(F)ccc1F)C1C2CCCCC21. The molecule has 0 aromatic heterocycles. The number of halogens is 2. The van der Waals surface area contributed by atoms with Gasteiger partial charge in [0.05, 0.1) is 0 Å². The lowest BCUT2D eigenvalue weighted by molar-refractivity contribution is 0.420. The fourth-order valence-corrected chi connectivity index (χ4v) is 4.26. The molecule has 0 spiro atoms. The number of hydrogen-bond acceptors (Lipinski definition) is 1. The summed E-state index contributed by atoms with van der Waals surface area (Å²) in [5, 5.41) is 3.59. The molecule has 0 bridgehead atoms. The molecule has 0 radical (unpaired) electrons. The van der Waals surface area contributed by atoms with Crippen LogP contribution in [0.5, 0.6) is 0 Å². The van der Waals surface area contributed by atoms with Crippen molar-refractivity contribution in [2.24, 2.45) is 17.8 Å². The lowest BCUT2D eigenvalue weighted by Gasteiger charge is -2.19. The predicted molar refractivity (Wildman–Crippen MR) is 81.1 cm³/mol. The third-order valence-corrected chi connectivity index (χ3v) is 5.29. The Morgan fingerprint density at radius 3 is 2.57 bits per heavy atom. The zero-order valence-electron chi connectivity index (χ0n) is 12.7. The van der Waals surface area contributed by atoms with Crippen molar-refractivity contribution in [2.75, 3.05) is 6.54 Å². The highest BCUT2D eigenvalue weighted by molar-refractivity contribution is 5.21. The van der Waals surface area contributed by atoms with Crippen LogP contribution in [-0.2, 0) is 6.42 Å². The Morgan fingerprint density at radius 1 is 1.19 bits per heavy atom. The van der Waals surface area contributed by atoms with Gasteiger partial charge in [-0.3, -0.25) is 0 Å². The zero-order valence-corrected chi connectivity index (χ0v) is 12.7. The molecule has 0 saturated heterocycles. The highest BCUT2D eigenvalue weighted by atomic mass is 19.1. The molecule has 3 atom stereocenters. The van der Waals surface area contributed by atoms with Crippen molar-refractivity contribution in [2.45, 2.75) is 51.5 Å². The van der Waals surface area contributed by atoms with Crippen LogP contribution in [-0.4, -0.2) is 12.6 Å². The predicted octanol–water partition coefficient (Wildman–Crippen LogP) is 4.31. The van der Waals surface area contributed by atoms with Gasteiger partial charge in [-0.15, -0.1) is 0 Å². The van der Waals surface area contributed by atoms with E-state index in [4.69, 9.17) is 0 Å². The second-order valence-electron chi connectivity index (χ2n) is 6.69. The van der Waals surface area contributed by atoms with Gasteiger partial charge in [-0.1, -0.05) is 19.8 Å². The van der Waals surface area contributed by atoms with Gasteiger partial charge in [0.1, 0.15) is 11.6 Å². The summed E-state index contributed by atoms with van der Waals surface area (Å²) in [4.78, 5) is 0. The van der Waals surface area contributed by atoms with Crippen LogP contribution in [0.1, 0.15) is 44.6 Å². The number of nitrogens with one attached hydrogen (secondary N) is 1. The first-order valence-corrected chi connectivity index (χ1v) is 8.38. The normalized spacial score (nSPS) is 29.0. The van der Waals surface area contributed by atoms with Crippen LogP contribution in [0.2, 0.25) is 0 Å². The van der Waals surface area contributed by atoms with Crippen LogP contribution in [0.25, 0.3) is 0 Å². The van der Waals surface area contributed by atoms with Crippen LogP contribution in [0.15, 0.2) is 18.2 Å². The zero-order chi connectivity index (χ0) is 14.8. The number of fused-ring (bicyclic) bond motifs is 1. The summed E-state index contributed by atoms with van der Waals surface area (Å²) in [6.07, 6.45) is 7.01. The second-order valence-corrected chi connectivity index (χ2v) is 6.69. The first-order valence-electron chi connectivity index (χ1n) is 8.38. The molecule has 0 aliphatic heterocycles. The lowest BCUT2D eigenvalue weighted by atomic mass is 9.99. The van der Waals surface area contributed by atoms with Crippen molar-refractivity contribution in [1.82, 2.24) is 5.32 Å². The van der Waals surface area contributed by atoms with Crippen molar-refractivity contribution in [3.05, 3.63) is 35.4 Å². The van der Waals surface area contributed by atoms with Gasteiger partial charge in [-0.05, 0) is 73.7 Å². The molecule has 3 unspecified atom stereocenters. The Bertz CT molecular complexity index is 476. The molecule has 2 saturated carbocycles. The first-order chi connectivity index (χ1) is 10.2. The van der Waals surface area contributed by atoms with E-state index in [1.165, 1.54) is 43.9 Å². The average molecular weight is 293 g/mol. The molecule has 1 aromatic carbocycles. The molecule has 0 amide bonds. The van der Waals surface area contributed by atoms with E-state index in [1.54, 1.807) is 0 Å². The molecule has 2 fully saturated rings. The van der Waals surface area contributed by atoms with Gasteiger partial charge < -0.3 is 5.32 Å². The standard InChI is InChI=1S/C18H25F2N/c1-2-9-21-17(18-14-5-3-4-6-15(14)18)11-12-10-13(19)7-8-16(12)20/h7-8,10,14-15,17-18,21H,2-6,9,11H2,1H3. The van der Waals surface area contributed by atoms with E-state index in [-0.39, 0.29) is 11.6 Å². The number of rotatable bonds is 6. The van der Waals surface area contributed by atoms with E-state index < -0.39 is 0 Å². The highest BCUT2D eigenvalue weighted by Gasteiger charge is 2.53. The van der Waals surface area contributed by atoms with Crippen molar-refractivity contribution < 1.29 is 8.78 Å². The quantitative estimate of drug-likeness (QED) is 0.824. The maximum absolute atomic E-state index is 13.9. The van der Waals surface area contributed by atoms with Crippen molar-refractivity contribution >= 4 is 0 Å². The molecular formula is C18H25F2N. The highest BCUT2D eigenvalue weighted by Crippen LogP contribution is 2.57. The minimum Gasteiger partial charge on any atom is -0.313 e. The molecule has 3 heteroatoms. The van der Waals surface area contributed by atoms with Crippen LogP contribution >= 0.6 is 0 Å². The smallest absolute Gasteiger partial charge is 0.126 e. The topological polar surface area (TPSA) is 12.0 Å². The van der Waals surface area contributed by atoms with Gasteiger partial charge in [0, 0.05) is 6.04 Å². The Kier molecular flexibility index (Phi) is 4.58. The molecule has 1 N–H and O–H groups in total. The number of benzene rings is 1. The van der Waals surface area contributed by atoms with Crippen molar-refractivity contribution in [3.8, 4) is 0 Å². The Balaban J connectivity index is 1.72. The summed E-state index contributed by atoms with van der Waals surface area (Å²) in [6, 6.07) is 4.11. The summed E-state index contributed by atoms with van der Waals surface area (Å²) in [5.74, 6) is 1.70. The maximum atomic E-state index is 13.9. The third kappa shape index (κ3) is 3.28. The molecule has 3 rings (SSSR count). The fraction of sp³-hybridized carbons (Fsp3) is 0.667. The molecule has 0 heterocycles. The van der Waals surface area contributed by atoms with E-state index in [0.717, 1.165) is 24.8 Å². The second kappa shape index (κ2) is 6.43. The van der Waals surface area contributed by atoms with Gasteiger partial charge >= 0.3 is 0 Å². The van der Waals surface area contributed by atoms with Crippen LogP contribution < -0.4 is 5.32 Å². The molecule has 2 aliphatic carbocycles. The molecular weight excluding hydrogens is 268 g/mol. The fourth-order valence-electron chi connectivity index (χ4n) is 4.26. The van der Waals surface area contributed by atoms with Gasteiger partial charge in [-0.25, -0.2) is 8.78 Å². The van der Waals surface area contributed by atoms with E-state index >= 15 is 0 Å². The summed E-state index contributed by atoms with van der Waals surface area (Å²) < 4.78 is 27.3. The molecule has 1 nitrogen and oxygen atoms in total. The van der Waals surface area contributed by atoms with Crippen LogP contribution in [0.4, 0.5) is 8.78 Å². The van der Waals surface area contributed by atoms with Gasteiger partial charge in [-0.2, -0.15) is 0 Å². The third-order valence-electron chi connectivity index (χ3n) is 5.29. The molecule has 1 aromatic rings. The number of hydrogen-bond donors (Lipinski definition) is 1. The average Bonchev–Trinajstić information content (AvgIpc) is 3.21. The molecule has 21 heavy (non-hydrogen) atoms.